The summed E-state index contributed by atoms with van der Waals surface area (Å²) in [6.07, 6.45) is 12.6. The molecule has 5 nitrogen and oxygen atoms in total. The van der Waals surface area contributed by atoms with Gasteiger partial charge in [0.05, 0.1) is 11.3 Å². The summed E-state index contributed by atoms with van der Waals surface area (Å²) >= 11 is 0. The summed E-state index contributed by atoms with van der Waals surface area (Å²) in [6.45, 7) is 16.9. The molecule has 7 heteroatoms. The van der Waals surface area contributed by atoms with Crippen LogP contribution in [0.5, 0.6) is 11.5 Å². The van der Waals surface area contributed by atoms with Crippen LogP contribution in [0.1, 0.15) is 122 Å². The summed E-state index contributed by atoms with van der Waals surface area (Å²) < 4.78 is 13.1. The number of nitrogens with zero attached hydrogens (tertiary/aromatic N) is 2. The van der Waals surface area contributed by atoms with E-state index in [9.17, 15) is 4.79 Å². The average Bonchev–Trinajstić information content (AvgIpc) is 2.93. The summed E-state index contributed by atoms with van der Waals surface area (Å²) in [5.74, 6) is 2.98. The van der Waals surface area contributed by atoms with Crippen LogP contribution in [0.3, 0.4) is 0 Å². The van der Waals surface area contributed by atoms with E-state index in [-0.39, 0.29) is 36.4 Å². The van der Waals surface area contributed by atoms with Gasteiger partial charge in [0, 0.05) is 19.5 Å². The molecule has 2 saturated heterocycles. The van der Waals surface area contributed by atoms with Gasteiger partial charge in [-0.05, 0) is 107 Å². The van der Waals surface area contributed by atoms with Crippen LogP contribution in [0.4, 0.5) is 0 Å². The van der Waals surface area contributed by atoms with E-state index >= 15 is 0 Å². The van der Waals surface area contributed by atoms with Crippen LogP contribution in [0.15, 0.2) is 17.8 Å². The third-order valence-corrected chi connectivity index (χ3v) is 9.94. The molecule has 0 spiro atoms. The van der Waals surface area contributed by atoms with E-state index in [1.807, 2.05) is 0 Å². The Kier molecular flexibility index (Phi) is 12.3. The van der Waals surface area contributed by atoms with Crippen molar-refractivity contribution >= 4 is 36.4 Å². The largest absolute Gasteiger partial charge is 0.481 e. The van der Waals surface area contributed by atoms with Gasteiger partial charge in [0.1, 0.15) is 17.1 Å². The normalized spacial score (nSPS) is 21.1. The van der Waals surface area contributed by atoms with E-state index < -0.39 is 0 Å². The average molecular weight is 610 g/mol. The summed E-state index contributed by atoms with van der Waals surface area (Å²) in [4.78, 5) is 18.3. The summed E-state index contributed by atoms with van der Waals surface area (Å²) in [5.41, 5.74) is 4.59. The Balaban J connectivity index is 0.00000231. The van der Waals surface area contributed by atoms with Gasteiger partial charge in [0.25, 0.3) is 0 Å². The lowest BCUT2D eigenvalue weighted by Gasteiger charge is -2.51. The van der Waals surface area contributed by atoms with Gasteiger partial charge in [-0.25, -0.2) is 0 Å². The third-order valence-electron chi connectivity index (χ3n) is 9.94. The number of rotatable bonds is 11. The Morgan fingerprint density at radius 2 is 1.73 bits per heavy atom. The van der Waals surface area contributed by atoms with Gasteiger partial charge in [-0.1, -0.05) is 52.9 Å². The molecule has 2 unspecified atom stereocenters. The lowest BCUT2D eigenvalue weighted by Crippen LogP contribution is -2.51. The molecule has 6 rings (SSSR count). The monoisotopic (exact) mass is 608 g/mol. The molecule has 0 aliphatic carbocycles. The fourth-order valence-corrected chi connectivity index (χ4v) is 7.50. The van der Waals surface area contributed by atoms with Crippen LogP contribution in [-0.2, 0) is 4.79 Å². The maximum Gasteiger partial charge on any atom is 0.311 e. The van der Waals surface area contributed by atoms with E-state index in [1.165, 1.54) is 87.7 Å². The first kappa shape index (κ1) is 34.1. The standard InChI is InChI=1S/C34H52N2O3.2ClH/c1-6-7-9-13-24(2)25(3)27-22-28(38-30(37)14-12-19-35-17-10-8-11-18-35)32-29(23-27)39-34(4,5)33-31(32)26-15-20-36(33)21-16-26;;/h22-26H,6-21H2,1-5H3;2*1H. The van der Waals surface area contributed by atoms with Crippen LogP contribution in [0, 0.1) is 11.8 Å². The molecule has 5 aliphatic rings. The SMILES string of the molecule is CCCCCC(C)C(C)c1cc(OC(=O)CCCN2CCCCC2)c2c(c1)OC(C)(C)C1=C2C2CCN1CC2.Cl.Cl. The zero-order valence-electron chi connectivity index (χ0n) is 26.1. The Morgan fingerprint density at radius 3 is 2.41 bits per heavy atom. The van der Waals surface area contributed by atoms with Gasteiger partial charge >= 0.3 is 5.97 Å². The number of halogens is 2. The molecular formula is C34H54Cl2N2O3. The number of ether oxygens (including phenoxy) is 2. The molecular weight excluding hydrogens is 555 g/mol. The third kappa shape index (κ3) is 7.57. The van der Waals surface area contributed by atoms with Crippen molar-refractivity contribution in [2.24, 2.45) is 11.8 Å². The molecule has 0 amide bonds. The van der Waals surface area contributed by atoms with Gasteiger partial charge in [-0.2, -0.15) is 0 Å². The predicted octanol–water partition coefficient (Wildman–Crippen LogP) is 8.63. The zero-order valence-corrected chi connectivity index (χ0v) is 27.8. The van der Waals surface area contributed by atoms with E-state index in [0.717, 1.165) is 43.1 Å². The number of carbonyl (C=O) groups is 1. The van der Waals surface area contributed by atoms with Crippen LogP contribution in [0.25, 0.3) is 5.57 Å². The number of benzene rings is 1. The van der Waals surface area contributed by atoms with E-state index in [2.05, 4.69) is 56.6 Å². The van der Waals surface area contributed by atoms with Crippen molar-refractivity contribution in [2.75, 3.05) is 32.7 Å². The quantitative estimate of drug-likeness (QED) is 0.143. The van der Waals surface area contributed by atoms with Crippen molar-refractivity contribution in [1.29, 1.82) is 0 Å². The maximum atomic E-state index is 13.3. The van der Waals surface area contributed by atoms with Crippen LogP contribution < -0.4 is 9.47 Å². The molecule has 232 valence electrons. The minimum Gasteiger partial charge on any atom is -0.481 e. The summed E-state index contributed by atoms with van der Waals surface area (Å²) in [5, 5.41) is 0. The first-order chi connectivity index (χ1) is 18.8. The second-order valence-electron chi connectivity index (χ2n) is 13.3. The van der Waals surface area contributed by atoms with E-state index in [1.54, 1.807) is 0 Å². The molecule has 0 radical (unpaired) electrons. The number of unbranched alkanes of at least 4 members (excludes halogenated alkanes) is 2. The number of likely N-dealkylation sites (tertiary alicyclic amines) is 1. The minimum absolute atomic E-state index is 0. The first-order valence-corrected chi connectivity index (χ1v) is 16.1. The number of carbonyl (C=O) groups excluding carboxylic acids is 1. The van der Waals surface area contributed by atoms with Crippen molar-refractivity contribution in [3.8, 4) is 11.5 Å². The smallest absolute Gasteiger partial charge is 0.311 e. The van der Waals surface area contributed by atoms with Crippen molar-refractivity contribution < 1.29 is 14.3 Å². The highest BCUT2D eigenvalue weighted by molar-refractivity contribution is 5.86. The van der Waals surface area contributed by atoms with Crippen molar-refractivity contribution in [3.63, 3.8) is 0 Å². The molecule has 1 aromatic rings. The van der Waals surface area contributed by atoms with Crippen molar-refractivity contribution in [2.45, 2.75) is 117 Å². The molecule has 1 aromatic carbocycles. The van der Waals surface area contributed by atoms with Crippen LogP contribution in [-0.4, -0.2) is 54.1 Å². The number of fused-ring (bicyclic) bond motifs is 3. The topological polar surface area (TPSA) is 42.0 Å². The van der Waals surface area contributed by atoms with E-state index in [0.29, 0.717) is 24.2 Å². The highest BCUT2D eigenvalue weighted by Gasteiger charge is 2.47. The molecule has 5 aliphatic heterocycles. The number of esters is 1. The number of allylic oxidation sites excluding steroid dienone is 1. The lowest BCUT2D eigenvalue weighted by atomic mass is 9.73. The van der Waals surface area contributed by atoms with Gasteiger partial charge in [-0.3, -0.25) is 4.79 Å². The van der Waals surface area contributed by atoms with Gasteiger partial charge in [0.2, 0.25) is 0 Å². The summed E-state index contributed by atoms with van der Waals surface area (Å²) in [6, 6.07) is 4.46. The first-order valence-electron chi connectivity index (χ1n) is 16.1. The predicted molar refractivity (Wildman–Crippen MR) is 174 cm³/mol. The molecule has 2 fully saturated rings. The Bertz CT molecular complexity index is 1060. The molecule has 2 atom stereocenters. The molecule has 0 N–H and O–H groups in total. The second-order valence-corrected chi connectivity index (χ2v) is 13.3. The fraction of sp³-hybridized carbons (Fsp3) is 0.735. The molecule has 2 bridgehead atoms. The van der Waals surface area contributed by atoms with Crippen LogP contribution in [0.2, 0.25) is 0 Å². The van der Waals surface area contributed by atoms with Gasteiger partial charge < -0.3 is 19.3 Å². The van der Waals surface area contributed by atoms with E-state index in [4.69, 9.17) is 9.47 Å². The number of piperidine rings is 2. The maximum absolute atomic E-state index is 13.3. The highest BCUT2D eigenvalue weighted by Crippen LogP contribution is 2.55. The van der Waals surface area contributed by atoms with Crippen LogP contribution >= 0.6 is 24.8 Å². The second kappa shape index (κ2) is 14.8. The number of hydrogen-bond donors (Lipinski definition) is 0. The Morgan fingerprint density at radius 1 is 1.02 bits per heavy atom. The zero-order chi connectivity index (χ0) is 27.6. The minimum atomic E-state index is -0.383. The molecule has 5 heterocycles. The summed E-state index contributed by atoms with van der Waals surface area (Å²) in [7, 11) is 0. The lowest BCUT2D eigenvalue weighted by molar-refractivity contribution is -0.134. The van der Waals surface area contributed by atoms with Crippen molar-refractivity contribution in [3.05, 3.63) is 29.0 Å². The molecule has 0 aromatic heterocycles. The Labute approximate surface area is 261 Å². The van der Waals surface area contributed by atoms with Gasteiger partial charge in [-0.15, -0.1) is 24.8 Å². The van der Waals surface area contributed by atoms with Crippen molar-refractivity contribution in [1.82, 2.24) is 9.80 Å². The van der Waals surface area contributed by atoms with Gasteiger partial charge in [0.15, 0.2) is 0 Å². The molecule has 0 saturated carbocycles. The Hall–Kier alpha value is -1.43. The highest BCUT2D eigenvalue weighted by atomic mass is 35.5. The fourth-order valence-electron chi connectivity index (χ4n) is 7.50. The number of hydrogen-bond acceptors (Lipinski definition) is 5. The molecule has 41 heavy (non-hydrogen) atoms.